The fourth-order valence-corrected chi connectivity index (χ4v) is 3.79. The Hall–Kier alpha value is -2.87. The van der Waals surface area contributed by atoms with E-state index in [-0.39, 0.29) is 23.8 Å². The van der Waals surface area contributed by atoms with Crippen LogP contribution in [0.5, 0.6) is 5.75 Å². The lowest BCUT2D eigenvalue weighted by Crippen LogP contribution is -2.19. The number of ether oxygens (including phenoxy) is 1. The van der Waals surface area contributed by atoms with E-state index >= 15 is 0 Å². The second kappa shape index (κ2) is 10.4. The van der Waals surface area contributed by atoms with E-state index in [1.165, 1.54) is 19.2 Å². The molecular formula is C25H28F3NO4. The number of alkyl halides is 3. The Morgan fingerprint density at radius 3 is 2.48 bits per heavy atom. The first kappa shape index (κ1) is 24.8. The number of benzene rings is 2. The molecule has 1 unspecified atom stereocenters. The zero-order valence-electron chi connectivity index (χ0n) is 18.7. The lowest BCUT2D eigenvalue weighted by atomic mass is 9.91. The van der Waals surface area contributed by atoms with E-state index in [9.17, 15) is 27.9 Å². The van der Waals surface area contributed by atoms with Gasteiger partial charge in [-0.05, 0) is 54.2 Å². The molecule has 1 aliphatic carbocycles. The van der Waals surface area contributed by atoms with Crippen LogP contribution in [0.3, 0.4) is 0 Å². The minimum absolute atomic E-state index is 0.131. The van der Waals surface area contributed by atoms with Crippen LogP contribution in [0.4, 0.5) is 13.2 Å². The fraction of sp³-hybridized carbons (Fsp3) is 0.440. The zero-order chi connectivity index (χ0) is 24.2. The molecule has 0 aliphatic heterocycles. The molecule has 0 bridgehead atoms. The number of carbonyl (C=O) groups excluding carboxylic acids is 1. The number of rotatable bonds is 11. The predicted octanol–water partition coefficient (Wildman–Crippen LogP) is 5.11. The molecule has 2 N–H and O–H groups in total. The summed E-state index contributed by atoms with van der Waals surface area (Å²) in [7, 11) is 1.48. The maximum absolute atomic E-state index is 13.0. The third-order valence-corrected chi connectivity index (χ3v) is 5.85. The molecule has 3 rings (SSSR count). The highest BCUT2D eigenvalue weighted by Gasteiger charge is 2.29. The van der Waals surface area contributed by atoms with Gasteiger partial charge in [-0.1, -0.05) is 24.3 Å². The Bertz CT molecular complexity index is 1020. The lowest BCUT2D eigenvalue weighted by Gasteiger charge is -2.18. The van der Waals surface area contributed by atoms with Crippen molar-refractivity contribution in [3.63, 3.8) is 0 Å². The molecule has 1 saturated carbocycles. The number of hydrogen-bond acceptors (Lipinski definition) is 4. The Balaban J connectivity index is 1.92. The van der Waals surface area contributed by atoms with Gasteiger partial charge < -0.3 is 15.2 Å². The van der Waals surface area contributed by atoms with Gasteiger partial charge in [-0.25, -0.2) is 0 Å². The van der Waals surface area contributed by atoms with Crippen LogP contribution in [-0.4, -0.2) is 36.7 Å². The number of Topliss-reactive ketones (excluding diaryl/α,β-unsaturated/α-hetero) is 1. The van der Waals surface area contributed by atoms with Crippen molar-refractivity contribution >= 4 is 11.8 Å². The van der Waals surface area contributed by atoms with Gasteiger partial charge in [0.1, 0.15) is 11.5 Å². The van der Waals surface area contributed by atoms with E-state index in [1.54, 1.807) is 31.2 Å². The number of hydrogen-bond donors (Lipinski definition) is 2. The second-order valence-electron chi connectivity index (χ2n) is 8.47. The van der Waals surface area contributed by atoms with Crippen molar-refractivity contribution in [3.05, 3.63) is 53.1 Å². The molecule has 1 fully saturated rings. The van der Waals surface area contributed by atoms with Gasteiger partial charge in [0.25, 0.3) is 0 Å². The van der Waals surface area contributed by atoms with Crippen LogP contribution in [0.2, 0.25) is 0 Å². The van der Waals surface area contributed by atoms with Gasteiger partial charge >= 0.3 is 12.1 Å². The van der Waals surface area contributed by atoms with Crippen molar-refractivity contribution in [2.45, 2.75) is 51.2 Å². The highest BCUT2D eigenvalue weighted by Crippen LogP contribution is 2.36. The summed E-state index contributed by atoms with van der Waals surface area (Å²) < 4.78 is 44.4. The summed E-state index contributed by atoms with van der Waals surface area (Å²) in [6, 6.07) is 9.58. The van der Waals surface area contributed by atoms with Crippen LogP contribution in [0.15, 0.2) is 36.4 Å². The summed E-state index contributed by atoms with van der Waals surface area (Å²) in [5, 5.41) is 12.6. The normalized spacial score (nSPS) is 14.7. The largest absolute Gasteiger partial charge is 0.496 e. The molecule has 0 saturated heterocycles. The van der Waals surface area contributed by atoms with Crippen LogP contribution in [-0.2, 0) is 22.6 Å². The zero-order valence-corrected chi connectivity index (χ0v) is 18.7. The molecule has 33 heavy (non-hydrogen) atoms. The molecule has 0 radical (unpaired) electrons. The monoisotopic (exact) mass is 463 g/mol. The second-order valence-corrected chi connectivity index (χ2v) is 8.47. The van der Waals surface area contributed by atoms with Crippen molar-refractivity contribution in [3.8, 4) is 16.9 Å². The number of carboxylic acids is 1. The van der Waals surface area contributed by atoms with Crippen LogP contribution < -0.4 is 10.1 Å². The van der Waals surface area contributed by atoms with Crippen LogP contribution in [0.1, 0.15) is 48.8 Å². The molecular weight excluding hydrogens is 435 g/mol. The molecule has 0 heterocycles. The van der Waals surface area contributed by atoms with Crippen molar-refractivity contribution in [2.24, 2.45) is 5.92 Å². The first-order chi connectivity index (χ1) is 15.6. The van der Waals surface area contributed by atoms with E-state index < -0.39 is 24.5 Å². The van der Waals surface area contributed by atoms with Crippen LogP contribution >= 0.6 is 0 Å². The quantitative estimate of drug-likeness (QED) is 0.453. The molecule has 2 aromatic rings. The van der Waals surface area contributed by atoms with E-state index in [4.69, 9.17) is 4.74 Å². The third-order valence-electron chi connectivity index (χ3n) is 5.85. The first-order valence-corrected chi connectivity index (χ1v) is 10.9. The first-order valence-electron chi connectivity index (χ1n) is 10.9. The molecule has 1 atom stereocenters. The summed E-state index contributed by atoms with van der Waals surface area (Å²) in [6.45, 7) is 2.27. The summed E-state index contributed by atoms with van der Waals surface area (Å²) >= 11 is 0. The maximum Gasteiger partial charge on any atom is 0.393 e. The number of carbonyl (C=O) groups is 2. The predicted molar refractivity (Wildman–Crippen MR) is 118 cm³/mol. The number of ketones is 1. The topological polar surface area (TPSA) is 75.6 Å². The highest BCUT2D eigenvalue weighted by molar-refractivity contribution is 5.83. The number of carboxylic acid groups (broad SMARTS) is 1. The van der Waals surface area contributed by atoms with E-state index in [0.29, 0.717) is 41.0 Å². The number of aliphatic carboxylic acids is 1. The molecule has 5 nitrogen and oxygen atoms in total. The molecule has 8 heteroatoms. The Morgan fingerprint density at radius 2 is 1.88 bits per heavy atom. The van der Waals surface area contributed by atoms with Gasteiger partial charge in [0.05, 0.1) is 19.4 Å². The average molecular weight is 463 g/mol. The average Bonchev–Trinajstić information content (AvgIpc) is 3.60. The van der Waals surface area contributed by atoms with Gasteiger partial charge in [-0.15, -0.1) is 0 Å². The molecule has 0 amide bonds. The molecule has 0 aromatic heterocycles. The minimum atomic E-state index is -4.34. The number of methoxy groups -OCH3 is 1. The standard InChI is InChI=1S/C25H28F3NO4/c1-15(24(31)32)18-6-8-23(33-2)21(12-18)20-7-3-16(13-25(26,27)28)11-19(20)14-29-10-9-22(30)17-4-5-17/h3,6-8,11-12,15,17,29H,4-5,9-10,13-14H2,1-2H3,(H,31,32). The van der Waals surface area contributed by atoms with E-state index in [1.807, 2.05) is 0 Å². The Labute approximate surface area is 191 Å². The third kappa shape index (κ3) is 6.81. The number of halogens is 3. The van der Waals surface area contributed by atoms with E-state index in [2.05, 4.69) is 5.32 Å². The summed E-state index contributed by atoms with van der Waals surface area (Å²) in [6.07, 6.45) is -3.12. The molecule has 2 aromatic carbocycles. The van der Waals surface area contributed by atoms with Crippen molar-refractivity contribution < 1.29 is 32.6 Å². The summed E-state index contributed by atoms with van der Waals surface area (Å²) in [5.41, 5.74) is 2.57. The maximum atomic E-state index is 13.0. The molecule has 0 spiro atoms. The minimum Gasteiger partial charge on any atom is -0.496 e. The summed E-state index contributed by atoms with van der Waals surface area (Å²) in [5.74, 6) is -0.862. The fourth-order valence-electron chi connectivity index (χ4n) is 3.79. The van der Waals surface area contributed by atoms with Crippen molar-refractivity contribution in [2.75, 3.05) is 13.7 Å². The van der Waals surface area contributed by atoms with Gasteiger partial charge in [-0.2, -0.15) is 13.2 Å². The van der Waals surface area contributed by atoms with E-state index in [0.717, 1.165) is 12.8 Å². The van der Waals surface area contributed by atoms with Crippen LogP contribution in [0, 0.1) is 5.92 Å². The van der Waals surface area contributed by atoms with Crippen molar-refractivity contribution in [1.82, 2.24) is 5.32 Å². The lowest BCUT2D eigenvalue weighted by molar-refractivity contribution is -0.138. The Morgan fingerprint density at radius 1 is 1.15 bits per heavy atom. The van der Waals surface area contributed by atoms with Gasteiger partial charge in [-0.3, -0.25) is 9.59 Å². The number of nitrogens with one attached hydrogen (secondary N) is 1. The smallest absolute Gasteiger partial charge is 0.393 e. The van der Waals surface area contributed by atoms with Gasteiger partial charge in [0.2, 0.25) is 0 Å². The highest BCUT2D eigenvalue weighted by atomic mass is 19.4. The van der Waals surface area contributed by atoms with Crippen LogP contribution in [0.25, 0.3) is 11.1 Å². The summed E-state index contributed by atoms with van der Waals surface area (Å²) in [4.78, 5) is 23.4. The van der Waals surface area contributed by atoms with Gasteiger partial charge in [0, 0.05) is 31.0 Å². The SMILES string of the molecule is COc1ccc(C(C)C(=O)O)cc1-c1ccc(CC(F)(F)F)cc1CNCCC(=O)C1CC1. The molecule has 1 aliphatic rings. The van der Waals surface area contributed by atoms with Gasteiger partial charge in [0.15, 0.2) is 0 Å². The molecule has 178 valence electrons. The van der Waals surface area contributed by atoms with Crippen molar-refractivity contribution in [1.29, 1.82) is 0 Å². The Kier molecular flexibility index (Phi) is 7.79.